The summed E-state index contributed by atoms with van der Waals surface area (Å²) in [5.74, 6) is -4.50. The van der Waals surface area contributed by atoms with Gasteiger partial charge in [-0.3, -0.25) is 9.59 Å². The molecule has 10 fully saturated rings. The number of ether oxygens (including phenoxy) is 15. The molecule has 0 amide bonds. The van der Waals surface area contributed by atoms with Gasteiger partial charge < -0.3 is 168 Å². The largest absolute Gasteiger partial charge is 0.493 e. The van der Waals surface area contributed by atoms with Crippen LogP contribution in [0.2, 0.25) is 0 Å². The Bertz CT molecular complexity index is 3530. The van der Waals surface area contributed by atoms with Crippen LogP contribution in [0.5, 0.6) is 11.5 Å². The van der Waals surface area contributed by atoms with E-state index in [9.17, 15) is 107 Å². The third kappa shape index (κ3) is 15.6. The van der Waals surface area contributed by atoms with Crippen LogP contribution >= 0.6 is 0 Å². The Kier molecular flexibility index (Phi) is 26.4. The van der Waals surface area contributed by atoms with Crippen molar-refractivity contribution in [1.29, 1.82) is 0 Å². The van der Waals surface area contributed by atoms with Crippen LogP contribution in [-0.4, -0.2) is 353 Å². The molecule has 37 heteroatoms. The maximum atomic E-state index is 16.4. The van der Waals surface area contributed by atoms with Crippen molar-refractivity contribution in [2.45, 2.75) is 297 Å². The van der Waals surface area contributed by atoms with Crippen LogP contribution in [0.4, 0.5) is 0 Å². The molecule has 11 aliphatic rings. The molecule has 12 rings (SSSR count). The second kappa shape index (κ2) is 34.0. The van der Waals surface area contributed by atoms with Crippen LogP contribution in [0.25, 0.3) is 6.08 Å². The predicted octanol–water partition coefficient (Wildman–Crippen LogP) is -4.40. The second-order valence-corrected chi connectivity index (χ2v) is 34.1. The molecule has 6 saturated heterocycles. The number of aliphatic carboxylic acids is 1. The maximum absolute atomic E-state index is 16.4. The number of carbonyl (C=O) groups excluding carboxylic acids is 2. The average molecular weight is 1620 g/mol. The van der Waals surface area contributed by atoms with Crippen molar-refractivity contribution >= 4 is 24.0 Å². The molecule has 640 valence electrons. The number of carboxylic acids is 1. The Hall–Kier alpha value is -4.45. The molecule has 113 heavy (non-hydrogen) atoms. The number of fused-ring (bicyclic) bond motifs is 7. The third-order valence-electron chi connectivity index (χ3n) is 27.3. The summed E-state index contributed by atoms with van der Waals surface area (Å²) in [6, 6.07) is 4.75. The van der Waals surface area contributed by atoms with Gasteiger partial charge in [0.25, 0.3) is 0 Å². The van der Waals surface area contributed by atoms with Crippen LogP contribution in [-0.2, 0) is 76.0 Å². The molecule has 1 aromatic rings. The number of hydrogen-bond donors (Lipinski definition) is 19. The van der Waals surface area contributed by atoms with Gasteiger partial charge in [-0.05, 0) is 136 Å². The highest BCUT2D eigenvalue weighted by molar-refractivity contribution is 5.87. The number of benzene rings is 1. The van der Waals surface area contributed by atoms with E-state index in [4.69, 9.17) is 71.1 Å². The third-order valence-corrected chi connectivity index (χ3v) is 27.3. The summed E-state index contributed by atoms with van der Waals surface area (Å²) in [5.41, 5.74) is -5.69. The zero-order valence-electron chi connectivity index (χ0n) is 64.3. The fourth-order valence-electron chi connectivity index (χ4n) is 20.7. The van der Waals surface area contributed by atoms with Gasteiger partial charge in [0.15, 0.2) is 55.2 Å². The summed E-state index contributed by atoms with van der Waals surface area (Å²) in [5, 5.41) is 211. The number of carbonyl (C=O) groups is 3. The zero-order chi connectivity index (χ0) is 82.4. The molecule has 0 radical (unpaired) electrons. The first-order chi connectivity index (χ1) is 53.3. The summed E-state index contributed by atoms with van der Waals surface area (Å²) in [6.45, 7) is 8.72. The van der Waals surface area contributed by atoms with Crippen LogP contribution in [0.1, 0.15) is 112 Å². The minimum Gasteiger partial charge on any atom is -0.493 e. The topological polar surface area (TPSA) is 574 Å². The Labute approximate surface area is 651 Å². The SMILES string of the molecule is COc1ccc(/C=C/C(=O)O[C@@H]2[C@H](O[C@@H]3O[C@H](CO)[C@@H](O)[C@H](O)[C@H]3O)[C@@H](O[C@@H]3O[C@@H](C)[C@H](O[C@@H]4OC[C@@H](O[C@@H]5O[C@H](CO)[C@H](O)[C@H](O)[C@H]5O)[C@H](O)[C@H]4O)[C@H](O)[C@H]3O)[C@H](OC(=O)[C@]34CCC(C)(C)C[C@H]3C3=CC[C@@H]5[C@@]6(C)C[C@H](O)[C@H](O[C@@H]7O[C@@H](CO)[C@@H](O)[C@H](O)[C@H]7O)[C@@](C)(C(=O)O)[C@@H]6CC[C@@]5(C)[C@]3(CO)CC4)O[C@@H]2C)cc1OC. The summed E-state index contributed by atoms with van der Waals surface area (Å²) in [6.07, 6.45) is -49.9. The predicted molar refractivity (Wildman–Crippen MR) is 376 cm³/mol. The number of aliphatic hydroxyl groups is 18. The summed E-state index contributed by atoms with van der Waals surface area (Å²) in [7, 11) is 2.84. The van der Waals surface area contributed by atoms with Crippen molar-refractivity contribution in [1.82, 2.24) is 0 Å². The van der Waals surface area contributed by atoms with Gasteiger partial charge in [0, 0.05) is 11.5 Å². The fourth-order valence-corrected chi connectivity index (χ4v) is 20.7. The van der Waals surface area contributed by atoms with Gasteiger partial charge in [-0.2, -0.15) is 0 Å². The van der Waals surface area contributed by atoms with E-state index in [0.717, 1.165) is 11.6 Å². The lowest BCUT2D eigenvalue weighted by Gasteiger charge is -2.71. The molecule has 39 atom stereocenters. The summed E-state index contributed by atoms with van der Waals surface area (Å²) < 4.78 is 90.7. The Morgan fingerprint density at radius 1 is 0.522 bits per heavy atom. The van der Waals surface area contributed by atoms with E-state index < -0.39 is 292 Å². The molecule has 37 nitrogen and oxygen atoms in total. The van der Waals surface area contributed by atoms with E-state index in [0.29, 0.717) is 36.3 Å². The van der Waals surface area contributed by atoms with E-state index in [1.54, 1.807) is 18.2 Å². The first-order valence-electron chi connectivity index (χ1n) is 38.7. The monoisotopic (exact) mass is 1620 g/mol. The van der Waals surface area contributed by atoms with Crippen molar-refractivity contribution in [3.8, 4) is 11.5 Å². The first-order valence-corrected chi connectivity index (χ1v) is 38.7. The molecule has 1 aromatic carbocycles. The van der Waals surface area contributed by atoms with Crippen molar-refractivity contribution < 1.29 is 182 Å². The number of methoxy groups -OCH3 is 2. The zero-order valence-corrected chi connectivity index (χ0v) is 64.3. The minimum absolute atomic E-state index is 0.0433. The van der Waals surface area contributed by atoms with Gasteiger partial charge in [-0.15, -0.1) is 0 Å². The highest BCUT2D eigenvalue weighted by atomic mass is 16.8. The van der Waals surface area contributed by atoms with E-state index in [1.165, 1.54) is 41.1 Å². The average Bonchev–Trinajstić information content (AvgIpc) is 0.667. The molecule has 4 saturated carbocycles. The number of esters is 2. The molecule has 0 unspecified atom stereocenters. The molecule has 5 aliphatic carbocycles. The van der Waals surface area contributed by atoms with E-state index >= 15 is 4.79 Å². The Balaban J connectivity index is 0.867. The minimum atomic E-state index is -2.23. The van der Waals surface area contributed by atoms with Gasteiger partial charge in [0.05, 0.1) is 76.4 Å². The molecular weight excluding hydrogens is 1500 g/mol. The van der Waals surface area contributed by atoms with Crippen LogP contribution in [0, 0.1) is 50.2 Å². The van der Waals surface area contributed by atoms with Crippen molar-refractivity contribution in [3.05, 3.63) is 41.5 Å². The van der Waals surface area contributed by atoms with Gasteiger partial charge in [0.2, 0.25) is 6.29 Å². The summed E-state index contributed by atoms with van der Waals surface area (Å²) in [4.78, 5) is 44.9. The van der Waals surface area contributed by atoms with Crippen LogP contribution in [0.3, 0.4) is 0 Å². The Morgan fingerprint density at radius 2 is 1.04 bits per heavy atom. The van der Waals surface area contributed by atoms with Crippen LogP contribution < -0.4 is 9.47 Å². The number of allylic oxidation sites excluding steroid dienone is 1. The quantitative estimate of drug-likeness (QED) is 0.0226. The number of aliphatic hydroxyl groups excluding tert-OH is 18. The van der Waals surface area contributed by atoms with Crippen LogP contribution in [0.15, 0.2) is 35.9 Å². The normalized spacial score (nSPS) is 49.2. The lowest BCUT2D eigenvalue weighted by atomic mass is 9.33. The molecule has 0 bridgehead atoms. The van der Waals surface area contributed by atoms with Gasteiger partial charge in [0.1, 0.15) is 122 Å². The molecule has 6 heterocycles. The van der Waals surface area contributed by atoms with Crippen molar-refractivity contribution in [2.75, 3.05) is 47.3 Å². The summed E-state index contributed by atoms with van der Waals surface area (Å²) >= 11 is 0. The fraction of sp³-hybridized carbons (Fsp3) is 0.829. The van der Waals surface area contributed by atoms with E-state index in [2.05, 4.69) is 6.92 Å². The molecular formula is C76H114O37. The standard InChI is InChI=1S/C76H114O37/c1-30-58(109-63-53(91)48(86)41(28-101-63)107-65-54(92)49(87)45(83)38(25-77)104-65)52(90)57(95)64(102-30)111-61-60(110-66-55(93)50(88)46(84)39(26-78)105-66)59(108-44(82)15-11-32-10-13-36(99-8)37(22-32)100-9)31(2)103-68(61)113-70(98)75-19-18-71(3,4)23-34(75)33-12-14-42-72(5)24-35(81)62(112-67-56(94)51(89)47(85)40(27-79)106-67)74(7,69(96)97)43(72)16-17-73(42,6)76(33,29-80)21-20-75/h10-13,15,22,30-31,34-35,38-43,45-68,77-81,83-95H,14,16-21,23-29H2,1-9H3,(H,96,97)/b15-11+/t30-,31+,34-,35-,38+,39+,40-,41+,42+,43+,45-,46+,47+,48-,49-,50-,51-,52+,53+,54+,55+,56+,57+,58-,59-,60-,61+,62-,63-,64-,65-,66-,67-,68-,72+,73+,74-,75-,76-/m0/s1. The lowest BCUT2D eigenvalue weighted by Crippen LogP contribution is -2.71. The van der Waals surface area contributed by atoms with Gasteiger partial charge in [-0.1, -0.05) is 45.4 Å². The highest BCUT2D eigenvalue weighted by Crippen LogP contribution is 2.76. The first kappa shape index (κ1) is 87.9. The van der Waals surface area contributed by atoms with E-state index in [-0.39, 0.29) is 38.5 Å². The van der Waals surface area contributed by atoms with E-state index in [1.807, 2.05) is 26.8 Å². The molecule has 6 aliphatic heterocycles. The Morgan fingerprint density at radius 3 is 1.62 bits per heavy atom. The lowest BCUT2D eigenvalue weighted by molar-refractivity contribution is -0.393. The number of hydrogen-bond acceptors (Lipinski definition) is 36. The van der Waals surface area contributed by atoms with Gasteiger partial charge in [-0.25, -0.2) is 4.79 Å². The second-order valence-electron chi connectivity index (χ2n) is 34.1. The number of rotatable bonds is 22. The van der Waals surface area contributed by atoms with Crippen molar-refractivity contribution in [2.24, 2.45) is 50.2 Å². The highest BCUT2D eigenvalue weighted by Gasteiger charge is 2.74. The molecule has 0 aromatic heterocycles. The smallest absolute Gasteiger partial charge is 0.331 e. The van der Waals surface area contributed by atoms with Gasteiger partial charge >= 0.3 is 17.9 Å². The number of carboxylic acid groups (broad SMARTS) is 1. The molecule has 0 spiro atoms. The maximum Gasteiger partial charge on any atom is 0.331 e. The van der Waals surface area contributed by atoms with Crippen molar-refractivity contribution in [3.63, 3.8) is 0 Å². The molecule has 19 N–H and O–H groups in total.